The molecule has 4 nitrogen and oxygen atoms in total. The minimum Gasteiger partial charge on any atom is -0.461 e. The van der Waals surface area contributed by atoms with Gasteiger partial charge in [-0.3, -0.25) is 4.68 Å². The van der Waals surface area contributed by atoms with E-state index in [-0.39, 0.29) is 0 Å². The van der Waals surface area contributed by atoms with Crippen LogP contribution in [-0.4, -0.2) is 22.4 Å². The van der Waals surface area contributed by atoms with Crippen molar-refractivity contribution < 1.29 is 9.53 Å². The molecule has 0 aliphatic carbocycles. The molecule has 0 aliphatic rings. The van der Waals surface area contributed by atoms with E-state index in [4.69, 9.17) is 16.3 Å². The minimum atomic E-state index is -0.415. The normalized spacial score (nSPS) is 10.4. The maximum absolute atomic E-state index is 11.6. The van der Waals surface area contributed by atoms with Gasteiger partial charge in [0.05, 0.1) is 12.3 Å². The van der Waals surface area contributed by atoms with Crippen molar-refractivity contribution in [1.82, 2.24) is 9.78 Å². The van der Waals surface area contributed by atoms with Crippen molar-refractivity contribution in [3.8, 4) is 11.3 Å². The summed E-state index contributed by atoms with van der Waals surface area (Å²) >= 11 is 5.94. The molecule has 0 amide bonds. The molecule has 1 aromatic carbocycles. The number of carbonyl (C=O) groups excluding carboxylic acids is 1. The Morgan fingerprint density at radius 2 is 2.22 bits per heavy atom. The van der Waals surface area contributed by atoms with E-state index in [1.165, 1.54) is 0 Å². The summed E-state index contributed by atoms with van der Waals surface area (Å²) in [7, 11) is 1.78. The van der Waals surface area contributed by atoms with Gasteiger partial charge in [0.1, 0.15) is 0 Å². The van der Waals surface area contributed by atoms with Gasteiger partial charge in [-0.2, -0.15) is 5.10 Å². The summed E-state index contributed by atoms with van der Waals surface area (Å²) in [5.41, 5.74) is 2.03. The predicted octanol–water partition coefficient (Wildman–Crippen LogP) is 2.92. The Hall–Kier alpha value is -1.81. The summed E-state index contributed by atoms with van der Waals surface area (Å²) in [4.78, 5) is 11.6. The number of halogens is 1. The van der Waals surface area contributed by atoms with Crippen LogP contribution in [0.2, 0.25) is 5.02 Å². The number of hydrogen-bond donors (Lipinski definition) is 0. The average Bonchev–Trinajstić information content (AvgIpc) is 2.72. The van der Waals surface area contributed by atoms with Crippen LogP contribution in [0.3, 0.4) is 0 Å². The Morgan fingerprint density at radius 3 is 2.89 bits per heavy atom. The molecule has 0 radical (unpaired) electrons. The van der Waals surface area contributed by atoms with Gasteiger partial charge in [-0.15, -0.1) is 0 Å². The number of aromatic nitrogens is 2. The molecule has 0 atom stereocenters. The number of benzene rings is 1. The van der Waals surface area contributed by atoms with E-state index in [1.807, 2.05) is 18.2 Å². The molecular weight excluding hydrogens is 252 g/mol. The van der Waals surface area contributed by atoms with Crippen LogP contribution in [0.5, 0.6) is 0 Å². The van der Waals surface area contributed by atoms with Crippen LogP contribution >= 0.6 is 11.6 Å². The van der Waals surface area contributed by atoms with Gasteiger partial charge in [0, 0.05) is 17.6 Å². The molecule has 0 spiro atoms. The molecular formula is C13H13ClN2O2. The van der Waals surface area contributed by atoms with E-state index in [2.05, 4.69) is 5.10 Å². The molecule has 18 heavy (non-hydrogen) atoms. The molecule has 1 aromatic heterocycles. The van der Waals surface area contributed by atoms with Gasteiger partial charge in [-0.05, 0) is 25.1 Å². The lowest BCUT2D eigenvalue weighted by Crippen LogP contribution is -2.05. The first-order valence-electron chi connectivity index (χ1n) is 5.59. The van der Waals surface area contributed by atoms with Gasteiger partial charge in [0.15, 0.2) is 5.69 Å². The number of ether oxygens (including phenoxy) is 1. The van der Waals surface area contributed by atoms with E-state index < -0.39 is 5.97 Å². The fourth-order valence-electron chi connectivity index (χ4n) is 1.69. The van der Waals surface area contributed by atoms with E-state index in [0.717, 1.165) is 11.3 Å². The molecule has 0 fully saturated rings. The SMILES string of the molecule is CCOC(=O)c1cc(-c2cccc(Cl)c2)n(C)n1. The summed E-state index contributed by atoms with van der Waals surface area (Å²) in [6, 6.07) is 9.09. The van der Waals surface area contributed by atoms with Crippen LogP contribution < -0.4 is 0 Å². The van der Waals surface area contributed by atoms with Crippen molar-refractivity contribution in [2.45, 2.75) is 6.92 Å². The Labute approximate surface area is 110 Å². The maximum atomic E-state index is 11.6. The fraction of sp³-hybridized carbons (Fsp3) is 0.231. The first kappa shape index (κ1) is 12.6. The highest BCUT2D eigenvalue weighted by atomic mass is 35.5. The molecule has 2 aromatic rings. The monoisotopic (exact) mass is 264 g/mol. The lowest BCUT2D eigenvalue weighted by Gasteiger charge is -2.01. The molecule has 0 saturated carbocycles. The number of aryl methyl sites for hydroxylation is 1. The molecule has 0 aliphatic heterocycles. The second-order valence-electron chi connectivity index (χ2n) is 3.77. The van der Waals surface area contributed by atoms with Crippen LogP contribution in [0.15, 0.2) is 30.3 Å². The maximum Gasteiger partial charge on any atom is 0.358 e. The van der Waals surface area contributed by atoms with Crippen molar-refractivity contribution in [3.05, 3.63) is 41.0 Å². The Kier molecular flexibility index (Phi) is 3.67. The fourth-order valence-corrected chi connectivity index (χ4v) is 1.88. The molecule has 0 unspecified atom stereocenters. The molecule has 0 N–H and O–H groups in total. The quantitative estimate of drug-likeness (QED) is 0.801. The Morgan fingerprint density at radius 1 is 1.44 bits per heavy atom. The number of esters is 1. The van der Waals surface area contributed by atoms with Crippen molar-refractivity contribution in [3.63, 3.8) is 0 Å². The summed E-state index contributed by atoms with van der Waals surface area (Å²) in [6.07, 6.45) is 0. The van der Waals surface area contributed by atoms with Gasteiger partial charge in [-0.25, -0.2) is 4.79 Å². The Balaban J connectivity index is 2.38. The zero-order valence-corrected chi connectivity index (χ0v) is 10.9. The standard InChI is InChI=1S/C13H13ClN2O2/c1-3-18-13(17)11-8-12(16(2)15-11)9-5-4-6-10(14)7-9/h4-8H,3H2,1-2H3. The summed E-state index contributed by atoms with van der Waals surface area (Å²) in [5.74, 6) is -0.415. The Bertz CT molecular complexity index is 578. The van der Waals surface area contributed by atoms with Crippen molar-refractivity contribution >= 4 is 17.6 Å². The van der Waals surface area contributed by atoms with Gasteiger partial charge >= 0.3 is 5.97 Å². The smallest absolute Gasteiger partial charge is 0.358 e. The van der Waals surface area contributed by atoms with E-state index in [0.29, 0.717) is 17.3 Å². The summed E-state index contributed by atoms with van der Waals surface area (Å²) in [5, 5.41) is 4.78. The van der Waals surface area contributed by atoms with E-state index in [1.54, 1.807) is 30.8 Å². The van der Waals surface area contributed by atoms with Gasteiger partial charge in [-0.1, -0.05) is 23.7 Å². The van der Waals surface area contributed by atoms with Crippen LogP contribution in [0.4, 0.5) is 0 Å². The first-order valence-corrected chi connectivity index (χ1v) is 5.96. The lowest BCUT2D eigenvalue weighted by molar-refractivity contribution is 0.0518. The highest BCUT2D eigenvalue weighted by Gasteiger charge is 2.14. The zero-order chi connectivity index (χ0) is 13.1. The third kappa shape index (κ3) is 2.54. The van der Waals surface area contributed by atoms with Crippen LogP contribution in [0, 0.1) is 0 Å². The van der Waals surface area contributed by atoms with Crippen molar-refractivity contribution in [2.24, 2.45) is 7.05 Å². The third-order valence-electron chi connectivity index (χ3n) is 2.48. The molecule has 1 heterocycles. The highest BCUT2D eigenvalue weighted by molar-refractivity contribution is 6.30. The highest BCUT2D eigenvalue weighted by Crippen LogP contribution is 2.23. The van der Waals surface area contributed by atoms with E-state index in [9.17, 15) is 4.79 Å². The molecule has 94 valence electrons. The summed E-state index contributed by atoms with van der Waals surface area (Å²) in [6.45, 7) is 2.10. The van der Waals surface area contributed by atoms with Gasteiger partial charge in [0.2, 0.25) is 0 Å². The number of nitrogens with zero attached hydrogens (tertiary/aromatic N) is 2. The second-order valence-corrected chi connectivity index (χ2v) is 4.21. The third-order valence-corrected chi connectivity index (χ3v) is 2.72. The van der Waals surface area contributed by atoms with Gasteiger partial charge in [0.25, 0.3) is 0 Å². The zero-order valence-electron chi connectivity index (χ0n) is 10.2. The lowest BCUT2D eigenvalue weighted by atomic mass is 10.1. The average molecular weight is 265 g/mol. The van der Waals surface area contributed by atoms with Crippen LogP contribution in [0.25, 0.3) is 11.3 Å². The molecule has 0 bridgehead atoms. The number of hydrogen-bond acceptors (Lipinski definition) is 3. The van der Waals surface area contributed by atoms with Crippen molar-refractivity contribution in [1.29, 1.82) is 0 Å². The number of carbonyl (C=O) groups is 1. The molecule has 2 rings (SSSR count). The second kappa shape index (κ2) is 5.23. The number of rotatable bonds is 3. The largest absolute Gasteiger partial charge is 0.461 e. The first-order chi connectivity index (χ1) is 8.61. The van der Waals surface area contributed by atoms with Crippen molar-refractivity contribution in [2.75, 3.05) is 6.61 Å². The van der Waals surface area contributed by atoms with E-state index >= 15 is 0 Å². The minimum absolute atomic E-state index is 0.300. The topological polar surface area (TPSA) is 44.1 Å². The van der Waals surface area contributed by atoms with Crippen LogP contribution in [-0.2, 0) is 11.8 Å². The van der Waals surface area contributed by atoms with Crippen LogP contribution in [0.1, 0.15) is 17.4 Å². The van der Waals surface area contributed by atoms with Gasteiger partial charge < -0.3 is 4.74 Å². The summed E-state index contributed by atoms with van der Waals surface area (Å²) < 4.78 is 6.55. The molecule has 5 heteroatoms. The molecule has 0 saturated heterocycles. The predicted molar refractivity (Wildman–Crippen MR) is 69.6 cm³/mol.